The summed E-state index contributed by atoms with van der Waals surface area (Å²) in [5, 5.41) is 17.0. The van der Waals surface area contributed by atoms with Gasteiger partial charge in [-0.2, -0.15) is 0 Å². The Morgan fingerprint density at radius 1 is 1.11 bits per heavy atom. The fourth-order valence-corrected chi connectivity index (χ4v) is 5.80. The lowest BCUT2D eigenvalue weighted by atomic mass is 9.99. The molecule has 0 radical (unpaired) electrons. The zero-order valence-corrected chi connectivity index (χ0v) is 23.7. The number of sulfonamides is 1. The van der Waals surface area contributed by atoms with Crippen molar-refractivity contribution in [1.29, 1.82) is 0 Å². The lowest BCUT2D eigenvalue weighted by Gasteiger charge is -2.26. The maximum Gasteiger partial charge on any atom is 0.221 e. The molecule has 2 aromatic rings. The highest BCUT2D eigenvalue weighted by Gasteiger charge is 2.25. The summed E-state index contributed by atoms with van der Waals surface area (Å²) in [6.07, 6.45) is 0.469. The monoisotopic (exact) mass is 551 g/mol. The molecular formula is C28H42FN3O5S. The van der Waals surface area contributed by atoms with Crippen molar-refractivity contribution in [3.63, 3.8) is 0 Å². The van der Waals surface area contributed by atoms with Crippen molar-refractivity contribution in [3.05, 3.63) is 65.0 Å². The van der Waals surface area contributed by atoms with Crippen LogP contribution < -0.4 is 15.4 Å². The van der Waals surface area contributed by atoms with Crippen LogP contribution in [0.3, 0.4) is 0 Å². The molecular weight excluding hydrogens is 509 g/mol. The summed E-state index contributed by atoms with van der Waals surface area (Å²) < 4.78 is 46.0. The minimum Gasteiger partial charge on any atom is -0.497 e. The Kier molecular flexibility index (Phi) is 13.2. The average molecular weight is 552 g/mol. The van der Waals surface area contributed by atoms with Crippen LogP contribution >= 0.6 is 0 Å². The Morgan fingerprint density at radius 3 is 2.45 bits per heavy atom. The van der Waals surface area contributed by atoms with E-state index in [1.165, 1.54) is 10.4 Å². The second-order valence-electron chi connectivity index (χ2n) is 9.48. The minimum atomic E-state index is -3.57. The SMILES string of the molecule is CCCN(CCC)S(=O)(=O)CCC(=O)N[C@@H](Cc1ccc(F)c(C)c1)[C@H](O)CNCc1cccc(OC)c1. The number of amides is 1. The van der Waals surface area contributed by atoms with Gasteiger partial charge in [-0.25, -0.2) is 17.1 Å². The molecule has 2 rings (SSSR count). The number of hydrogen-bond donors (Lipinski definition) is 3. The van der Waals surface area contributed by atoms with Crippen molar-refractivity contribution in [3.8, 4) is 5.75 Å². The first-order chi connectivity index (χ1) is 18.1. The maximum atomic E-state index is 13.8. The third-order valence-electron chi connectivity index (χ3n) is 6.23. The Labute approximate surface area is 226 Å². The first kappa shape index (κ1) is 31.7. The van der Waals surface area contributed by atoms with Crippen LogP contribution in [0.5, 0.6) is 5.75 Å². The molecule has 0 aromatic heterocycles. The largest absolute Gasteiger partial charge is 0.497 e. The number of nitrogens with zero attached hydrogens (tertiary/aromatic N) is 1. The molecule has 0 unspecified atom stereocenters. The summed E-state index contributed by atoms with van der Waals surface area (Å²) in [4.78, 5) is 12.8. The molecule has 8 nitrogen and oxygen atoms in total. The first-order valence-electron chi connectivity index (χ1n) is 13.1. The molecule has 2 aromatic carbocycles. The number of aliphatic hydroxyl groups excluding tert-OH is 1. The van der Waals surface area contributed by atoms with Gasteiger partial charge in [0.1, 0.15) is 11.6 Å². The fraction of sp³-hybridized carbons (Fsp3) is 0.536. The lowest BCUT2D eigenvalue weighted by molar-refractivity contribution is -0.122. The molecule has 0 spiro atoms. The van der Waals surface area contributed by atoms with Gasteiger partial charge < -0.3 is 20.5 Å². The van der Waals surface area contributed by atoms with Crippen molar-refractivity contribution in [2.45, 2.75) is 65.1 Å². The number of methoxy groups -OCH3 is 1. The van der Waals surface area contributed by atoms with Gasteiger partial charge in [0.25, 0.3) is 0 Å². The van der Waals surface area contributed by atoms with Crippen molar-refractivity contribution < 1.29 is 27.4 Å². The smallest absolute Gasteiger partial charge is 0.221 e. The number of carbonyl (C=O) groups is 1. The molecule has 0 aliphatic carbocycles. The molecule has 1 amide bonds. The quantitative estimate of drug-likeness (QED) is 0.279. The molecule has 0 saturated carbocycles. The molecule has 3 N–H and O–H groups in total. The Morgan fingerprint density at radius 2 is 1.82 bits per heavy atom. The van der Waals surface area contributed by atoms with Crippen LogP contribution in [0.1, 0.15) is 49.8 Å². The van der Waals surface area contributed by atoms with Crippen LogP contribution in [-0.4, -0.2) is 68.4 Å². The molecule has 212 valence electrons. The molecule has 0 bridgehead atoms. The second-order valence-corrected chi connectivity index (χ2v) is 11.6. The number of carbonyl (C=O) groups excluding carboxylic acids is 1. The number of nitrogens with one attached hydrogen (secondary N) is 2. The van der Waals surface area contributed by atoms with Crippen LogP contribution in [0.15, 0.2) is 42.5 Å². The topological polar surface area (TPSA) is 108 Å². The van der Waals surface area contributed by atoms with Gasteiger partial charge in [-0.15, -0.1) is 0 Å². The summed E-state index contributed by atoms with van der Waals surface area (Å²) in [5.74, 6) is -0.361. The van der Waals surface area contributed by atoms with E-state index in [4.69, 9.17) is 4.74 Å². The van der Waals surface area contributed by atoms with Crippen molar-refractivity contribution in [2.75, 3.05) is 32.5 Å². The number of aryl methyl sites for hydroxylation is 1. The average Bonchev–Trinajstić information content (AvgIpc) is 2.89. The van der Waals surface area contributed by atoms with E-state index in [-0.39, 0.29) is 31.0 Å². The van der Waals surface area contributed by atoms with Crippen molar-refractivity contribution in [2.24, 2.45) is 0 Å². The molecule has 2 atom stereocenters. The van der Waals surface area contributed by atoms with Gasteiger partial charge in [0.15, 0.2) is 0 Å². The van der Waals surface area contributed by atoms with E-state index in [0.717, 1.165) is 16.9 Å². The van der Waals surface area contributed by atoms with Crippen molar-refractivity contribution in [1.82, 2.24) is 14.9 Å². The lowest BCUT2D eigenvalue weighted by Crippen LogP contribution is -2.49. The highest BCUT2D eigenvalue weighted by molar-refractivity contribution is 7.89. The summed E-state index contributed by atoms with van der Waals surface area (Å²) in [6.45, 7) is 6.98. The van der Waals surface area contributed by atoms with Gasteiger partial charge in [0.2, 0.25) is 15.9 Å². The number of aliphatic hydroxyl groups is 1. The minimum absolute atomic E-state index is 0.182. The molecule has 0 heterocycles. The summed E-state index contributed by atoms with van der Waals surface area (Å²) in [5.41, 5.74) is 2.20. The Hall–Kier alpha value is -2.53. The number of halogens is 1. The van der Waals surface area contributed by atoms with E-state index >= 15 is 0 Å². The first-order valence-corrected chi connectivity index (χ1v) is 14.7. The normalized spacial score (nSPS) is 13.3. The van der Waals surface area contributed by atoms with Gasteiger partial charge in [-0.05, 0) is 61.1 Å². The van der Waals surface area contributed by atoms with Gasteiger partial charge in [-0.1, -0.05) is 38.1 Å². The molecule has 0 aliphatic rings. The Bertz CT molecular complexity index is 1120. The van der Waals surface area contributed by atoms with Crippen LogP contribution in [-0.2, 0) is 27.8 Å². The van der Waals surface area contributed by atoms with E-state index in [0.29, 0.717) is 38.0 Å². The third-order valence-corrected chi connectivity index (χ3v) is 8.10. The van der Waals surface area contributed by atoms with E-state index in [9.17, 15) is 22.7 Å². The van der Waals surface area contributed by atoms with E-state index in [1.54, 1.807) is 26.2 Å². The van der Waals surface area contributed by atoms with Gasteiger partial charge in [0.05, 0.1) is 25.0 Å². The summed E-state index contributed by atoms with van der Waals surface area (Å²) in [6, 6.07) is 11.5. The highest BCUT2D eigenvalue weighted by Crippen LogP contribution is 2.14. The van der Waals surface area contributed by atoms with Crippen LogP contribution in [0.25, 0.3) is 0 Å². The predicted molar refractivity (Wildman–Crippen MR) is 148 cm³/mol. The van der Waals surface area contributed by atoms with Gasteiger partial charge in [0, 0.05) is 32.6 Å². The molecule has 38 heavy (non-hydrogen) atoms. The number of benzene rings is 2. The zero-order valence-electron chi connectivity index (χ0n) is 22.9. The molecule has 0 aliphatic heterocycles. The highest BCUT2D eigenvalue weighted by atomic mass is 32.2. The Balaban J connectivity index is 2.06. The fourth-order valence-electron chi connectivity index (χ4n) is 4.18. The van der Waals surface area contributed by atoms with E-state index in [1.807, 2.05) is 38.1 Å². The van der Waals surface area contributed by atoms with E-state index < -0.39 is 28.1 Å². The zero-order chi connectivity index (χ0) is 28.1. The number of ether oxygens (including phenoxy) is 1. The van der Waals surface area contributed by atoms with Gasteiger partial charge in [-0.3, -0.25) is 4.79 Å². The molecule has 0 saturated heterocycles. The van der Waals surface area contributed by atoms with Crippen LogP contribution in [0, 0.1) is 12.7 Å². The van der Waals surface area contributed by atoms with Crippen LogP contribution in [0.2, 0.25) is 0 Å². The summed E-state index contributed by atoms with van der Waals surface area (Å²) >= 11 is 0. The van der Waals surface area contributed by atoms with E-state index in [2.05, 4.69) is 10.6 Å². The van der Waals surface area contributed by atoms with Crippen molar-refractivity contribution >= 4 is 15.9 Å². The second kappa shape index (κ2) is 15.8. The predicted octanol–water partition coefficient (Wildman–Crippen LogP) is 3.16. The standard InChI is InChI=1S/C28H42FN3O5S/c1-5-13-32(14-6-2)38(35,36)15-12-28(34)31-26(18-22-10-11-25(29)21(3)16-22)27(33)20-30-19-23-8-7-9-24(17-23)37-4/h7-11,16-17,26-27,30,33H,5-6,12-15,18-20H2,1-4H3,(H,31,34)/t26-,27+/m0/s1. The molecule has 0 fully saturated rings. The number of rotatable bonds is 17. The molecule has 10 heteroatoms. The van der Waals surface area contributed by atoms with Gasteiger partial charge >= 0.3 is 0 Å². The maximum absolute atomic E-state index is 13.8. The third kappa shape index (κ3) is 10.3. The van der Waals surface area contributed by atoms with Crippen LogP contribution in [0.4, 0.5) is 4.39 Å². The summed E-state index contributed by atoms with van der Waals surface area (Å²) in [7, 11) is -1.98. The number of hydrogen-bond acceptors (Lipinski definition) is 6.